The quantitative estimate of drug-likeness (QED) is 0.760. The summed E-state index contributed by atoms with van der Waals surface area (Å²) in [6, 6.07) is 0. The third kappa shape index (κ3) is 4.00. The number of ether oxygens (including phenoxy) is 1. The minimum absolute atomic E-state index is 0.217. The molecule has 0 aromatic rings. The van der Waals surface area contributed by atoms with E-state index in [1.54, 1.807) is 0 Å². The summed E-state index contributed by atoms with van der Waals surface area (Å²) in [6.07, 6.45) is 1.21. The van der Waals surface area contributed by atoms with Crippen molar-refractivity contribution < 1.29 is 14.6 Å². The predicted octanol–water partition coefficient (Wildman–Crippen LogP) is 1.92. The number of aliphatic hydroxyl groups is 1. The Balaban J connectivity index is 2.27. The Kier molecular flexibility index (Phi) is 4.19. The van der Waals surface area contributed by atoms with Gasteiger partial charge in [0.15, 0.2) is 0 Å². The minimum atomic E-state index is -0.453. The lowest BCUT2D eigenvalue weighted by molar-refractivity contribution is 0.0509. The average Bonchev–Trinajstić information content (AvgIpc) is 2.42. The Morgan fingerprint density at radius 3 is 2.50 bits per heavy atom. The monoisotopic (exact) mass is 229 g/mol. The van der Waals surface area contributed by atoms with Crippen LogP contribution in [0.15, 0.2) is 0 Å². The van der Waals surface area contributed by atoms with Crippen molar-refractivity contribution in [2.45, 2.75) is 52.2 Å². The van der Waals surface area contributed by atoms with Gasteiger partial charge in [0.25, 0.3) is 0 Å². The highest BCUT2D eigenvalue weighted by atomic mass is 16.6. The zero-order valence-electron chi connectivity index (χ0n) is 10.6. The van der Waals surface area contributed by atoms with Crippen molar-refractivity contribution in [3.05, 3.63) is 0 Å². The van der Waals surface area contributed by atoms with Gasteiger partial charge in [-0.2, -0.15) is 0 Å². The maximum Gasteiger partial charge on any atom is 0.407 e. The van der Waals surface area contributed by atoms with Crippen LogP contribution in [0.25, 0.3) is 0 Å². The molecule has 0 radical (unpaired) electrons. The Bertz CT molecular complexity index is 247. The van der Waals surface area contributed by atoms with E-state index >= 15 is 0 Å². The van der Waals surface area contributed by atoms with Gasteiger partial charge in [0, 0.05) is 6.54 Å². The molecule has 0 saturated heterocycles. The molecule has 1 saturated carbocycles. The molecule has 0 aromatic carbocycles. The lowest BCUT2D eigenvalue weighted by Crippen LogP contribution is -2.36. The fraction of sp³-hybridized carbons (Fsp3) is 0.917. The van der Waals surface area contributed by atoms with Crippen LogP contribution in [0.5, 0.6) is 0 Å². The summed E-state index contributed by atoms with van der Waals surface area (Å²) in [5, 5.41) is 12.3. The second kappa shape index (κ2) is 5.04. The van der Waals surface area contributed by atoms with E-state index in [2.05, 4.69) is 5.32 Å². The van der Waals surface area contributed by atoms with Crippen molar-refractivity contribution in [2.24, 2.45) is 11.8 Å². The SMILES string of the molecule is CC1C(O)CCC1CNC(=O)OC(C)(C)C. The van der Waals surface area contributed by atoms with Crippen LogP contribution in [0.3, 0.4) is 0 Å². The van der Waals surface area contributed by atoms with Crippen molar-refractivity contribution in [3.8, 4) is 0 Å². The summed E-state index contributed by atoms with van der Waals surface area (Å²) >= 11 is 0. The number of hydrogen-bond acceptors (Lipinski definition) is 3. The van der Waals surface area contributed by atoms with Crippen molar-refractivity contribution in [3.63, 3.8) is 0 Å². The smallest absolute Gasteiger partial charge is 0.407 e. The third-order valence-electron chi connectivity index (χ3n) is 3.09. The molecular formula is C12H23NO3. The van der Waals surface area contributed by atoms with Crippen molar-refractivity contribution >= 4 is 6.09 Å². The molecule has 0 bridgehead atoms. The molecule has 0 aliphatic heterocycles. The molecular weight excluding hydrogens is 206 g/mol. The van der Waals surface area contributed by atoms with Crippen molar-refractivity contribution in [1.82, 2.24) is 5.32 Å². The average molecular weight is 229 g/mol. The van der Waals surface area contributed by atoms with Gasteiger partial charge in [-0.15, -0.1) is 0 Å². The Hall–Kier alpha value is -0.770. The normalized spacial score (nSPS) is 30.2. The van der Waals surface area contributed by atoms with Crippen molar-refractivity contribution in [2.75, 3.05) is 6.54 Å². The molecule has 4 heteroatoms. The standard InChI is InChI=1S/C12H23NO3/c1-8-9(5-6-10(8)14)7-13-11(15)16-12(2,3)4/h8-10,14H,5-7H2,1-4H3,(H,13,15). The molecule has 0 heterocycles. The molecule has 16 heavy (non-hydrogen) atoms. The van der Waals surface area contributed by atoms with E-state index in [1.165, 1.54) is 0 Å². The number of aliphatic hydroxyl groups excluding tert-OH is 1. The molecule has 1 aliphatic rings. The zero-order chi connectivity index (χ0) is 12.3. The van der Waals surface area contributed by atoms with Gasteiger partial charge in [0.2, 0.25) is 0 Å². The topological polar surface area (TPSA) is 58.6 Å². The number of amides is 1. The van der Waals surface area contributed by atoms with Gasteiger partial charge in [-0.1, -0.05) is 6.92 Å². The fourth-order valence-corrected chi connectivity index (χ4v) is 2.04. The zero-order valence-corrected chi connectivity index (χ0v) is 10.6. The lowest BCUT2D eigenvalue weighted by atomic mass is 9.97. The number of hydrogen-bond donors (Lipinski definition) is 2. The number of alkyl carbamates (subject to hydrolysis) is 1. The van der Waals surface area contributed by atoms with Crippen LogP contribution in [0.2, 0.25) is 0 Å². The first kappa shape index (κ1) is 13.3. The highest BCUT2D eigenvalue weighted by molar-refractivity contribution is 5.67. The number of rotatable bonds is 2. The summed E-state index contributed by atoms with van der Waals surface area (Å²) in [5.74, 6) is 0.623. The van der Waals surface area contributed by atoms with Crippen LogP contribution in [0.1, 0.15) is 40.5 Å². The molecule has 1 aliphatic carbocycles. The first-order valence-corrected chi connectivity index (χ1v) is 5.94. The highest BCUT2D eigenvalue weighted by Crippen LogP contribution is 2.30. The second-order valence-corrected chi connectivity index (χ2v) is 5.65. The third-order valence-corrected chi connectivity index (χ3v) is 3.09. The summed E-state index contributed by atoms with van der Waals surface area (Å²) in [4.78, 5) is 11.4. The summed E-state index contributed by atoms with van der Waals surface area (Å²) in [6.45, 7) is 8.14. The van der Waals surface area contributed by atoms with Crippen LogP contribution >= 0.6 is 0 Å². The molecule has 0 aromatic heterocycles. The van der Waals surface area contributed by atoms with Crippen molar-refractivity contribution in [1.29, 1.82) is 0 Å². The molecule has 1 fully saturated rings. The first-order chi connectivity index (χ1) is 7.29. The molecule has 94 valence electrons. The van der Waals surface area contributed by atoms with Gasteiger partial charge in [-0.05, 0) is 45.4 Å². The predicted molar refractivity (Wildman–Crippen MR) is 62.1 cm³/mol. The van der Waals surface area contributed by atoms with Gasteiger partial charge in [0.1, 0.15) is 5.60 Å². The molecule has 4 nitrogen and oxygen atoms in total. The molecule has 1 amide bonds. The number of nitrogens with one attached hydrogen (secondary N) is 1. The highest BCUT2D eigenvalue weighted by Gasteiger charge is 2.31. The molecule has 3 unspecified atom stereocenters. The van der Waals surface area contributed by atoms with Crippen LogP contribution in [0.4, 0.5) is 4.79 Å². The van der Waals surface area contributed by atoms with E-state index in [0.29, 0.717) is 12.5 Å². The number of carbonyl (C=O) groups is 1. The fourth-order valence-electron chi connectivity index (χ4n) is 2.04. The van der Waals surface area contributed by atoms with E-state index in [4.69, 9.17) is 4.74 Å². The van der Waals surface area contributed by atoms with Gasteiger partial charge < -0.3 is 15.2 Å². The van der Waals surface area contributed by atoms with Gasteiger partial charge in [-0.3, -0.25) is 0 Å². The molecule has 1 rings (SSSR count). The summed E-state index contributed by atoms with van der Waals surface area (Å²) in [7, 11) is 0. The van der Waals surface area contributed by atoms with Gasteiger partial charge >= 0.3 is 6.09 Å². The Labute approximate surface area is 97.4 Å². The van der Waals surface area contributed by atoms with E-state index < -0.39 is 5.60 Å². The Morgan fingerprint density at radius 1 is 1.44 bits per heavy atom. The van der Waals surface area contributed by atoms with E-state index in [0.717, 1.165) is 12.8 Å². The minimum Gasteiger partial charge on any atom is -0.444 e. The largest absolute Gasteiger partial charge is 0.444 e. The van der Waals surface area contributed by atoms with Crippen LogP contribution in [-0.4, -0.2) is 29.4 Å². The van der Waals surface area contributed by atoms with Gasteiger partial charge in [0.05, 0.1) is 6.10 Å². The first-order valence-electron chi connectivity index (χ1n) is 5.94. The van der Waals surface area contributed by atoms with Crippen LogP contribution in [0, 0.1) is 11.8 Å². The van der Waals surface area contributed by atoms with Gasteiger partial charge in [-0.25, -0.2) is 4.79 Å². The van der Waals surface area contributed by atoms with E-state index in [1.807, 2.05) is 27.7 Å². The molecule has 2 N–H and O–H groups in total. The van der Waals surface area contributed by atoms with E-state index in [9.17, 15) is 9.90 Å². The number of carbonyl (C=O) groups excluding carboxylic acids is 1. The second-order valence-electron chi connectivity index (χ2n) is 5.65. The maximum atomic E-state index is 11.4. The molecule has 3 atom stereocenters. The lowest BCUT2D eigenvalue weighted by Gasteiger charge is -2.22. The maximum absolute atomic E-state index is 11.4. The summed E-state index contributed by atoms with van der Waals surface area (Å²) < 4.78 is 5.15. The van der Waals surface area contributed by atoms with Crippen LogP contribution < -0.4 is 5.32 Å². The van der Waals surface area contributed by atoms with Crippen LogP contribution in [-0.2, 0) is 4.74 Å². The molecule has 0 spiro atoms. The Morgan fingerprint density at radius 2 is 2.06 bits per heavy atom. The summed E-state index contributed by atoms with van der Waals surface area (Å²) in [5.41, 5.74) is -0.453. The van der Waals surface area contributed by atoms with E-state index in [-0.39, 0.29) is 18.1 Å².